The number of amides is 1. The third kappa shape index (κ3) is 8.87. The first-order chi connectivity index (χ1) is 18.9. The fourth-order valence-electron chi connectivity index (χ4n) is 5.75. The van der Waals surface area contributed by atoms with Crippen LogP contribution in [0.3, 0.4) is 0 Å². The number of nitrogens with zero attached hydrogens (tertiary/aromatic N) is 2. The molecular formula is C29H50N4O6V. The molecule has 40 heavy (non-hydrogen) atoms. The molecule has 11 heteroatoms. The summed E-state index contributed by atoms with van der Waals surface area (Å²) in [5.74, 6) is 2.25. The van der Waals surface area contributed by atoms with Crippen LogP contribution in [0.15, 0.2) is 19.7 Å². The van der Waals surface area contributed by atoms with Crippen LogP contribution in [0.5, 0.6) is 0 Å². The SMILES string of the molecule is CCC(C)C(C)C(C)C(NC(=O)OCC1CC(n2cc(C)c(=O)[nH]c2=O)OC1CO[N]=[V])C(C)C(C)C(C)CC. The van der Waals surface area contributed by atoms with Gasteiger partial charge in [0.1, 0.15) is 0 Å². The van der Waals surface area contributed by atoms with Crippen molar-refractivity contribution >= 4 is 6.09 Å². The Kier molecular flexibility index (Phi) is 13.8. The number of aromatic amines is 1. The number of rotatable bonds is 15. The summed E-state index contributed by atoms with van der Waals surface area (Å²) in [6.07, 6.45) is 2.56. The molecule has 0 aromatic carbocycles. The van der Waals surface area contributed by atoms with E-state index >= 15 is 0 Å². The van der Waals surface area contributed by atoms with E-state index in [1.807, 2.05) is 17.2 Å². The van der Waals surface area contributed by atoms with Gasteiger partial charge in [0.05, 0.1) is 0 Å². The van der Waals surface area contributed by atoms with Gasteiger partial charge in [-0.15, -0.1) is 0 Å². The monoisotopic (exact) mass is 601 g/mol. The molecule has 1 aliphatic rings. The Morgan fingerprint density at radius 3 is 2.17 bits per heavy atom. The van der Waals surface area contributed by atoms with Crippen molar-refractivity contribution in [2.24, 2.45) is 45.4 Å². The molecule has 2 heterocycles. The molecule has 0 spiro atoms. The van der Waals surface area contributed by atoms with Crippen molar-refractivity contribution in [3.8, 4) is 0 Å². The first-order valence-electron chi connectivity index (χ1n) is 14.7. The first kappa shape index (κ1) is 34.5. The second kappa shape index (κ2) is 16.0. The van der Waals surface area contributed by atoms with Gasteiger partial charge in [0.2, 0.25) is 0 Å². The number of carbonyl (C=O) groups excluding carboxylic acids is 1. The zero-order valence-corrected chi connectivity index (χ0v) is 27.1. The van der Waals surface area contributed by atoms with E-state index in [9.17, 15) is 14.4 Å². The van der Waals surface area contributed by atoms with Crippen molar-refractivity contribution in [1.29, 1.82) is 0 Å². The van der Waals surface area contributed by atoms with Gasteiger partial charge in [0.25, 0.3) is 0 Å². The Balaban J connectivity index is 2.17. The number of aromatic nitrogens is 2. The van der Waals surface area contributed by atoms with Gasteiger partial charge in [-0.25, -0.2) is 0 Å². The second-order valence-electron chi connectivity index (χ2n) is 12.0. The van der Waals surface area contributed by atoms with E-state index in [1.165, 1.54) is 10.8 Å². The van der Waals surface area contributed by atoms with Crippen LogP contribution in [-0.2, 0) is 31.5 Å². The van der Waals surface area contributed by atoms with Gasteiger partial charge in [-0.1, -0.05) is 54.4 Å². The number of carbonyl (C=O) groups is 1. The van der Waals surface area contributed by atoms with Crippen molar-refractivity contribution in [2.75, 3.05) is 13.2 Å². The number of ether oxygens (including phenoxy) is 2. The van der Waals surface area contributed by atoms with Crippen LogP contribution in [0.25, 0.3) is 0 Å². The van der Waals surface area contributed by atoms with Crippen LogP contribution < -0.4 is 16.6 Å². The Morgan fingerprint density at radius 1 is 1.07 bits per heavy atom. The zero-order chi connectivity index (χ0) is 30.1. The molecule has 1 aromatic rings. The molecule has 1 aromatic heterocycles. The van der Waals surface area contributed by atoms with Gasteiger partial charge < -0.3 is 0 Å². The molecule has 1 fully saturated rings. The Hall–Kier alpha value is -1.75. The van der Waals surface area contributed by atoms with Crippen molar-refractivity contribution in [1.82, 2.24) is 14.9 Å². The Morgan fingerprint density at radius 2 is 1.65 bits per heavy atom. The molecule has 1 amide bonds. The van der Waals surface area contributed by atoms with E-state index in [-0.39, 0.29) is 37.0 Å². The third-order valence-corrected chi connectivity index (χ3v) is 9.88. The third-order valence-electron chi connectivity index (χ3n) is 9.70. The van der Waals surface area contributed by atoms with E-state index in [1.54, 1.807) is 6.92 Å². The Labute approximate surface area is 248 Å². The molecule has 2 N–H and O–H groups in total. The molecule has 0 aliphatic carbocycles. The average molecular weight is 602 g/mol. The predicted molar refractivity (Wildman–Crippen MR) is 150 cm³/mol. The van der Waals surface area contributed by atoms with E-state index in [0.717, 1.165) is 12.8 Å². The summed E-state index contributed by atoms with van der Waals surface area (Å²) in [5, 5.41) is 3.23. The predicted octanol–water partition coefficient (Wildman–Crippen LogP) is 5.14. The molecule has 0 radical (unpaired) electrons. The smallest absolute Gasteiger partial charge is 0.0651 e. The summed E-state index contributed by atoms with van der Waals surface area (Å²) in [5.41, 5.74) is -0.571. The molecule has 227 valence electrons. The molecular weight excluding hydrogens is 551 g/mol. The minimum atomic E-state index is -0.625. The van der Waals surface area contributed by atoms with Crippen LogP contribution >= 0.6 is 0 Å². The standard InChI is InChI=1S/C29H50N4O6.V/c1-10-16(3)19(6)21(8)26(22(9)20(7)17(4)11-2)31-29(36)37-14-23-12-25(39-24(23)15-38-30)33-13-18(5)27(34)32-28(33)35;/h13,16-17,19-26H,10-12,14-15H2,1-9H3,(H,31,36)(H,32,34,35);. The fourth-order valence-corrected chi connectivity index (χ4v) is 5.86. The number of aryl methyl sites for hydroxylation is 1. The summed E-state index contributed by atoms with van der Waals surface area (Å²) in [7, 11) is 0. The number of nitrogens with one attached hydrogen (secondary N) is 2. The minimum Gasteiger partial charge on any atom is -0.0651 e. The summed E-state index contributed by atoms with van der Waals surface area (Å²) in [6.45, 7) is 19.9. The van der Waals surface area contributed by atoms with E-state index in [2.05, 4.69) is 69.6 Å². The number of hydrogen-bond donors (Lipinski definition) is 2. The van der Waals surface area contributed by atoms with E-state index < -0.39 is 29.7 Å². The molecule has 0 saturated carbocycles. The van der Waals surface area contributed by atoms with E-state index in [4.69, 9.17) is 14.3 Å². The molecule has 2 rings (SSSR count). The summed E-state index contributed by atoms with van der Waals surface area (Å²) >= 11 is 1.99. The van der Waals surface area contributed by atoms with Crippen LogP contribution in [-0.4, -0.2) is 41.0 Å². The second-order valence-corrected chi connectivity index (χ2v) is 12.2. The number of H-pyrrole nitrogens is 1. The summed E-state index contributed by atoms with van der Waals surface area (Å²) in [4.78, 5) is 45.0. The van der Waals surface area contributed by atoms with Gasteiger partial charge >= 0.3 is 182 Å². The van der Waals surface area contributed by atoms with Gasteiger partial charge in [0, 0.05) is 0 Å². The van der Waals surface area contributed by atoms with Gasteiger partial charge in [-0.05, 0) is 11.8 Å². The van der Waals surface area contributed by atoms with Crippen molar-refractivity contribution in [3.63, 3.8) is 0 Å². The fraction of sp³-hybridized carbons (Fsp3) is 0.828. The zero-order valence-electron chi connectivity index (χ0n) is 25.7. The minimum absolute atomic E-state index is 0.0356. The molecule has 0 bridgehead atoms. The summed E-state index contributed by atoms with van der Waals surface area (Å²) < 4.78 is 16.9. The molecule has 1 aliphatic heterocycles. The maximum atomic E-state index is 13.2. The normalized spacial score (nSPS) is 24.4. The van der Waals surface area contributed by atoms with Crippen molar-refractivity contribution < 1.29 is 36.3 Å². The molecule has 1 saturated heterocycles. The van der Waals surface area contributed by atoms with Crippen LogP contribution in [0.1, 0.15) is 86.4 Å². The van der Waals surface area contributed by atoms with Crippen molar-refractivity contribution in [2.45, 2.75) is 99.9 Å². The molecule has 9 unspecified atom stereocenters. The van der Waals surface area contributed by atoms with E-state index in [0.29, 0.717) is 35.7 Å². The van der Waals surface area contributed by atoms with Crippen LogP contribution in [0, 0.1) is 48.3 Å². The Bertz CT molecular complexity index is 1060. The van der Waals surface area contributed by atoms with Crippen LogP contribution in [0.2, 0.25) is 0 Å². The molecule has 9 atom stereocenters. The average Bonchev–Trinajstić information content (AvgIpc) is 3.35. The van der Waals surface area contributed by atoms with Crippen molar-refractivity contribution in [3.05, 3.63) is 32.6 Å². The summed E-state index contributed by atoms with van der Waals surface area (Å²) in [6, 6.07) is -0.0356. The van der Waals surface area contributed by atoms with Gasteiger partial charge in [-0.2, -0.15) is 0 Å². The van der Waals surface area contributed by atoms with Gasteiger partial charge in [-0.3, -0.25) is 0 Å². The maximum absolute atomic E-state index is 13.2. The first-order valence-corrected chi connectivity index (χ1v) is 15.4. The topological polar surface area (TPSA) is 124 Å². The number of hydrogen-bond acceptors (Lipinski definition) is 7. The quantitative estimate of drug-likeness (QED) is 0.268. The number of alkyl carbamates (subject to hydrolysis) is 1. The van der Waals surface area contributed by atoms with Crippen LogP contribution in [0.4, 0.5) is 4.79 Å². The molecule has 10 nitrogen and oxygen atoms in total. The van der Waals surface area contributed by atoms with Gasteiger partial charge in [0.15, 0.2) is 0 Å².